The van der Waals surface area contributed by atoms with E-state index in [1.54, 1.807) is 0 Å². The van der Waals surface area contributed by atoms with E-state index in [2.05, 4.69) is 20.9 Å². The summed E-state index contributed by atoms with van der Waals surface area (Å²) in [7, 11) is 0. The van der Waals surface area contributed by atoms with Crippen LogP contribution in [-0.4, -0.2) is 64.0 Å². The number of carboxylic acid groups (broad SMARTS) is 1. The van der Waals surface area contributed by atoms with Crippen LogP contribution >= 0.6 is 0 Å². The first-order valence-electron chi connectivity index (χ1n) is 11.1. The van der Waals surface area contributed by atoms with Gasteiger partial charge in [0.05, 0.1) is 18.9 Å². The second-order valence-electron chi connectivity index (χ2n) is 8.01. The van der Waals surface area contributed by atoms with Crippen LogP contribution in [-0.2, 0) is 16.1 Å². The number of aliphatic carboxylic acids is 1. The first-order chi connectivity index (χ1) is 17.1. The summed E-state index contributed by atoms with van der Waals surface area (Å²) in [6, 6.07) is 15.2. The lowest BCUT2D eigenvalue weighted by atomic mass is 10.0. The summed E-state index contributed by atoms with van der Waals surface area (Å²) < 4.78 is 39.3. The number of halogens is 3. The fourth-order valence-corrected chi connectivity index (χ4v) is 3.37. The van der Waals surface area contributed by atoms with Gasteiger partial charge in [-0.2, -0.15) is 13.2 Å². The third-order valence-corrected chi connectivity index (χ3v) is 5.28. The van der Waals surface area contributed by atoms with E-state index in [9.17, 15) is 18.0 Å². The van der Waals surface area contributed by atoms with Crippen LogP contribution in [0.15, 0.2) is 54.7 Å². The molecule has 1 saturated heterocycles. The molecule has 0 aliphatic carbocycles. The summed E-state index contributed by atoms with van der Waals surface area (Å²) in [6.45, 7) is 5.22. The summed E-state index contributed by atoms with van der Waals surface area (Å²) in [4.78, 5) is 21.6. The van der Waals surface area contributed by atoms with E-state index < -0.39 is 12.1 Å². The predicted octanol–water partition coefficient (Wildman–Crippen LogP) is 3.52. The molecule has 3 aromatic rings. The molecule has 4 rings (SSSR count). The molecular weight excluding hydrogens is 479 g/mol. The Morgan fingerprint density at radius 2 is 1.94 bits per heavy atom. The van der Waals surface area contributed by atoms with Crippen LogP contribution in [0.3, 0.4) is 0 Å². The van der Waals surface area contributed by atoms with Crippen molar-refractivity contribution in [1.82, 2.24) is 20.3 Å². The summed E-state index contributed by atoms with van der Waals surface area (Å²) in [5, 5.41) is 21.9. The Morgan fingerprint density at radius 1 is 1.22 bits per heavy atom. The van der Waals surface area contributed by atoms with Crippen molar-refractivity contribution >= 4 is 17.6 Å². The van der Waals surface area contributed by atoms with Gasteiger partial charge in [0.1, 0.15) is 5.69 Å². The number of nitrogens with zero attached hydrogens (tertiary/aromatic N) is 3. The number of anilines is 1. The molecule has 192 valence electrons. The lowest BCUT2D eigenvalue weighted by Gasteiger charge is -2.23. The normalized spacial score (nSPS) is 15.5. The minimum atomic E-state index is -5.08. The van der Waals surface area contributed by atoms with Gasteiger partial charge in [0.15, 0.2) is 0 Å². The Balaban J connectivity index is 0.000000454. The minimum Gasteiger partial charge on any atom is -0.475 e. The SMILES string of the molecule is Cc1ccc(-c2cn(CCC3CNCCO3)nn2)cc1C(=O)Nc1ccccc1.O=C(O)C(F)(F)F. The van der Waals surface area contributed by atoms with Gasteiger partial charge in [-0.15, -0.1) is 5.10 Å². The summed E-state index contributed by atoms with van der Waals surface area (Å²) in [5.74, 6) is -2.89. The van der Waals surface area contributed by atoms with Gasteiger partial charge in [-0.25, -0.2) is 4.79 Å². The maximum Gasteiger partial charge on any atom is 0.490 e. The average Bonchev–Trinajstić information content (AvgIpc) is 3.33. The number of aryl methyl sites for hydroxylation is 2. The molecular formula is C24H26F3N5O4. The van der Waals surface area contributed by atoms with E-state index in [4.69, 9.17) is 14.6 Å². The van der Waals surface area contributed by atoms with E-state index in [-0.39, 0.29) is 12.0 Å². The number of nitrogens with one attached hydrogen (secondary N) is 2. The molecule has 1 aliphatic rings. The van der Waals surface area contributed by atoms with E-state index in [0.29, 0.717) is 5.56 Å². The maximum atomic E-state index is 12.7. The number of para-hydroxylation sites is 1. The fourth-order valence-electron chi connectivity index (χ4n) is 3.37. The zero-order valence-electron chi connectivity index (χ0n) is 19.5. The summed E-state index contributed by atoms with van der Waals surface area (Å²) in [5.41, 5.74) is 3.93. The van der Waals surface area contributed by atoms with Crippen LogP contribution in [0.4, 0.5) is 18.9 Å². The molecule has 1 atom stereocenters. The molecule has 1 fully saturated rings. The summed E-state index contributed by atoms with van der Waals surface area (Å²) in [6.07, 6.45) is -2.07. The molecule has 1 amide bonds. The molecule has 36 heavy (non-hydrogen) atoms. The molecule has 12 heteroatoms. The number of aromatic nitrogens is 3. The molecule has 9 nitrogen and oxygen atoms in total. The minimum absolute atomic E-state index is 0.134. The van der Waals surface area contributed by atoms with Crippen molar-refractivity contribution < 1.29 is 32.6 Å². The van der Waals surface area contributed by atoms with Crippen LogP contribution in [0.1, 0.15) is 22.3 Å². The molecule has 0 radical (unpaired) electrons. The van der Waals surface area contributed by atoms with Gasteiger partial charge in [0, 0.05) is 36.4 Å². The van der Waals surface area contributed by atoms with Crippen molar-refractivity contribution in [2.24, 2.45) is 0 Å². The Hall–Kier alpha value is -3.77. The van der Waals surface area contributed by atoms with E-state index in [1.807, 2.05) is 66.3 Å². The number of carboxylic acids is 1. The largest absolute Gasteiger partial charge is 0.490 e. The highest BCUT2D eigenvalue weighted by atomic mass is 19.4. The van der Waals surface area contributed by atoms with Crippen molar-refractivity contribution in [2.45, 2.75) is 32.2 Å². The Morgan fingerprint density at radius 3 is 2.58 bits per heavy atom. The zero-order chi connectivity index (χ0) is 26.1. The highest BCUT2D eigenvalue weighted by molar-refractivity contribution is 6.05. The molecule has 3 N–H and O–H groups in total. The molecule has 1 unspecified atom stereocenters. The highest BCUT2D eigenvalue weighted by Gasteiger charge is 2.38. The van der Waals surface area contributed by atoms with Crippen molar-refractivity contribution in [3.63, 3.8) is 0 Å². The number of amides is 1. The molecule has 2 heterocycles. The van der Waals surface area contributed by atoms with Crippen LogP contribution in [0.25, 0.3) is 11.3 Å². The Labute approximate surface area is 205 Å². The van der Waals surface area contributed by atoms with Crippen molar-refractivity contribution in [1.29, 1.82) is 0 Å². The number of carbonyl (C=O) groups is 2. The van der Waals surface area contributed by atoms with Gasteiger partial charge in [0.25, 0.3) is 5.91 Å². The fraction of sp³-hybridized carbons (Fsp3) is 0.333. The van der Waals surface area contributed by atoms with Gasteiger partial charge in [0.2, 0.25) is 0 Å². The molecule has 2 aromatic carbocycles. The summed E-state index contributed by atoms with van der Waals surface area (Å²) >= 11 is 0. The van der Waals surface area contributed by atoms with Gasteiger partial charge >= 0.3 is 12.1 Å². The lowest BCUT2D eigenvalue weighted by molar-refractivity contribution is -0.192. The predicted molar refractivity (Wildman–Crippen MR) is 126 cm³/mol. The van der Waals surface area contributed by atoms with Crippen LogP contribution in [0, 0.1) is 6.92 Å². The van der Waals surface area contributed by atoms with Crippen molar-refractivity contribution in [3.05, 3.63) is 65.9 Å². The van der Waals surface area contributed by atoms with Crippen LogP contribution in [0.2, 0.25) is 0 Å². The second kappa shape index (κ2) is 12.3. The molecule has 0 saturated carbocycles. The quantitative estimate of drug-likeness (QED) is 0.469. The van der Waals surface area contributed by atoms with E-state index >= 15 is 0 Å². The van der Waals surface area contributed by atoms with Gasteiger partial charge in [-0.3, -0.25) is 9.48 Å². The number of ether oxygens (including phenoxy) is 1. The lowest BCUT2D eigenvalue weighted by Crippen LogP contribution is -2.38. The maximum absolute atomic E-state index is 12.7. The van der Waals surface area contributed by atoms with Gasteiger partial charge in [-0.05, 0) is 37.1 Å². The number of hydrogen-bond acceptors (Lipinski definition) is 6. The number of benzene rings is 2. The molecule has 0 spiro atoms. The first kappa shape index (κ1) is 26.8. The number of alkyl halides is 3. The van der Waals surface area contributed by atoms with Crippen molar-refractivity contribution in [3.8, 4) is 11.3 Å². The Kier molecular flexibility index (Phi) is 9.14. The van der Waals surface area contributed by atoms with Gasteiger partial charge < -0.3 is 20.5 Å². The van der Waals surface area contributed by atoms with Crippen LogP contribution in [0.5, 0.6) is 0 Å². The second-order valence-corrected chi connectivity index (χ2v) is 8.01. The zero-order valence-corrected chi connectivity index (χ0v) is 19.5. The first-order valence-corrected chi connectivity index (χ1v) is 11.1. The molecule has 1 aliphatic heterocycles. The average molecular weight is 505 g/mol. The number of rotatable bonds is 6. The molecule has 0 bridgehead atoms. The number of morpholine rings is 1. The van der Waals surface area contributed by atoms with Gasteiger partial charge in [-0.1, -0.05) is 35.5 Å². The van der Waals surface area contributed by atoms with Crippen LogP contribution < -0.4 is 10.6 Å². The smallest absolute Gasteiger partial charge is 0.475 e. The van der Waals surface area contributed by atoms with E-state index in [1.165, 1.54) is 0 Å². The Bertz CT molecular complexity index is 1160. The molecule has 1 aromatic heterocycles. The number of hydrogen-bond donors (Lipinski definition) is 3. The number of carbonyl (C=O) groups excluding carboxylic acids is 1. The monoisotopic (exact) mass is 505 g/mol. The highest BCUT2D eigenvalue weighted by Crippen LogP contribution is 2.22. The van der Waals surface area contributed by atoms with E-state index in [0.717, 1.165) is 55.2 Å². The third-order valence-electron chi connectivity index (χ3n) is 5.28. The van der Waals surface area contributed by atoms with Crippen molar-refractivity contribution in [2.75, 3.05) is 25.0 Å². The third kappa shape index (κ3) is 7.89. The topological polar surface area (TPSA) is 118 Å². The standard InChI is InChI=1S/C22H25N5O2.C2HF3O2/c1-16-7-8-17(13-20(16)22(28)24-18-5-3-2-4-6-18)21-15-27(26-25-21)11-9-19-14-23-10-12-29-19;3-2(4,5)1(6)7/h2-8,13,15,19,23H,9-12,14H2,1H3,(H,24,28);(H,6,7).